The monoisotopic (exact) mass is 218 g/mol. The number of nitrogens with one attached hydrogen (secondary N) is 1. The van der Waals surface area contributed by atoms with Gasteiger partial charge in [-0.1, -0.05) is 0 Å². The van der Waals surface area contributed by atoms with Crippen molar-refractivity contribution in [1.29, 1.82) is 5.26 Å². The number of aromatic nitrogens is 1. The molecule has 16 heavy (non-hydrogen) atoms. The third-order valence-corrected chi connectivity index (χ3v) is 2.22. The van der Waals surface area contributed by atoms with Crippen LogP contribution in [0.1, 0.15) is 12.6 Å². The SMILES string of the molecule is CCN(CC(=O)NC)c1ccc(C#N)nc1. The zero-order valence-corrected chi connectivity index (χ0v) is 9.40. The first-order chi connectivity index (χ1) is 7.71. The lowest BCUT2D eigenvalue weighted by Crippen LogP contribution is -2.35. The second-order valence-electron chi connectivity index (χ2n) is 3.20. The summed E-state index contributed by atoms with van der Waals surface area (Å²) in [5.74, 6) is -0.0498. The summed E-state index contributed by atoms with van der Waals surface area (Å²) in [7, 11) is 1.60. The van der Waals surface area contributed by atoms with Gasteiger partial charge >= 0.3 is 0 Å². The Bertz CT molecular complexity index is 393. The summed E-state index contributed by atoms with van der Waals surface area (Å²) in [5, 5.41) is 11.2. The van der Waals surface area contributed by atoms with Crippen molar-refractivity contribution in [3.63, 3.8) is 0 Å². The van der Waals surface area contributed by atoms with Crippen molar-refractivity contribution in [2.24, 2.45) is 0 Å². The van der Waals surface area contributed by atoms with Gasteiger partial charge in [-0.3, -0.25) is 4.79 Å². The van der Waals surface area contributed by atoms with Gasteiger partial charge < -0.3 is 10.2 Å². The van der Waals surface area contributed by atoms with Crippen molar-refractivity contribution in [3.05, 3.63) is 24.0 Å². The molecular formula is C11H14N4O. The molecule has 5 nitrogen and oxygen atoms in total. The summed E-state index contributed by atoms with van der Waals surface area (Å²) in [6.45, 7) is 2.96. The fourth-order valence-electron chi connectivity index (χ4n) is 1.28. The minimum absolute atomic E-state index is 0.0498. The maximum Gasteiger partial charge on any atom is 0.239 e. The maximum absolute atomic E-state index is 11.3. The van der Waals surface area contributed by atoms with Gasteiger partial charge in [0.15, 0.2) is 0 Å². The van der Waals surface area contributed by atoms with Gasteiger partial charge in [0.1, 0.15) is 11.8 Å². The molecule has 0 atom stereocenters. The van der Waals surface area contributed by atoms with E-state index in [9.17, 15) is 4.79 Å². The summed E-state index contributed by atoms with van der Waals surface area (Å²) >= 11 is 0. The minimum Gasteiger partial charge on any atom is -0.361 e. The molecule has 0 aliphatic rings. The quantitative estimate of drug-likeness (QED) is 0.800. The van der Waals surface area contributed by atoms with Crippen LogP contribution < -0.4 is 10.2 Å². The number of nitriles is 1. The van der Waals surface area contributed by atoms with Crippen LogP contribution in [0.25, 0.3) is 0 Å². The average Bonchev–Trinajstić information content (AvgIpc) is 2.35. The molecule has 0 spiro atoms. The van der Waals surface area contributed by atoms with Gasteiger partial charge in [0.05, 0.1) is 18.4 Å². The number of likely N-dealkylation sites (N-methyl/N-ethyl adjacent to an activating group) is 2. The van der Waals surface area contributed by atoms with Crippen LogP contribution in [-0.4, -0.2) is 31.0 Å². The van der Waals surface area contributed by atoms with Gasteiger partial charge in [-0.25, -0.2) is 4.98 Å². The number of anilines is 1. The van der Waals surface area contributed by atoms with Crippen molar-refractivity contribution in [1.82, 2.24) is 10.3 Å². The van der Waals surface area contributed by atoms with E-state index in [-0.39, 0.29) is 5.91 Å². The molecule has 0 bridgehead atoms. The van der Waals surface area contributed by atoms with Crippen LogP contribution in [0.15, 0.2) is 18.3 Å². The van der Waals surface area contributed by atoms with Crippen molar-refractivity contribution >= 4 is 11.6 Å². The van der Waals surface area contributed by atoms with E-state index in [1.165, 1.54) is 0 Å². The highest BCUT2D eigenvalue weighted by atomic mass is 16.1. The Kier molecular flexibility index (Phi) is 4.28. The van der Waals surface area contributed by atoms with E-state index in [0.29, 0.717) is 18.8 Å². The fourth-order valence-corrected chi connectivity index (χ4v) is 1.28. The minimum atomic E-state index is -0.0498. The van der Waals surface area contributed by atoms with E-state index in [2.05, 4.69) is 10.3 Å². The Hall–Kier alpha value is -2.09. The topological polar surface area (TPSA) is 69.0 Å². The first-order valence-electron chi connectivity index (χ1n) is 5.03. The lowest BCUT2D eigenvalue weighted by Gasteiger charge is -2.21. The van der Waals surface area contributed by atoms with E-state index in [0.717, 1.165) is 5.69 Å². The molecule has 1 amide bonds. The molecule has 0 aliphatic carbocycles. The van der Waals surface area contributed by atoms with Crippen LogP contribution in [0.5, 0.6) is 0 Å². The lowest BCUT2D eigenvalue weighted by atomic mass is 10.3. The first kappa shape index (κ1) is 12.0. The Morgan fingerprint density at radius 2 is 2.38 bits per heavy atom. The number of hydrogen-bond donors (Lipinski definition) is 1. The van der Waals surface area contributed by atoms with Gasteiger partial charge in [0.25, 0.3) is 0 Å². The zero-order chi connectivity index (χ0) is 12.0. The number of pyridine rings is 1. The molecule has 0 radical (unpaired) electrons. The Morgan fingerprint density at radius 1 is 1.62 bits per heavy atom. The summed E-state index contributed by atoms with van der Waals surface area (Å²) in [6.07, 6.45) is 1.60. The van der Waals surface area contributed by atoms with Crippen LogP contribution in [0.3, 0.4) is 0 Å². The number of nitrogens with zero attached hydrogens (tertiary/aromatic N) is 3. The van der Waals surface area contributed by atoms with Crippen LogP contribution in [-0.2, 0) is 4.79 Å². The molecule has 1 rings (SSSR count). The molecule has 0 saturated carbocycles. The van der Waals surface area contributed by atoms with Gasteiger partial charge in [0, 0.05) is 13.6 Å². The molecule has 5 heteroatoms. The third kappa shape index (κ3) is 2.95. The van der Waals surface area contributed by atoms with Gasteiger partial charge in [0.2, 0.25) is 5.91 Å². The van der Waals surface area contributed by atoms with Gasteiger partial charge in [-0.2, -0.15) is 5.26 Å². The average molecular weight is 218 g/mol. The van der Waals surface area contributed by atoms with E-state index < -0.39 is 0 Å². The number of carbonyl (C=O) groups excluding carboxylic acids is 1. The Morgan fingerprint density at radius 3 is 2.81 bits per heavy atom. The Labute approximate surface area is 94.7 Å². The predicted molar refractivity (Wildman–Crippen MR) is 60.9 cm³/mol. The molecule has 0 aromatic carbocycles. The molecule has 1 aromatic rings. The Balaban J connectivity index is 2.79. The van der Waals surface area contributed by atoms with Crippen molar-refractivity contribution in [2.45, 2.75) is 6.92 Å². The highest BCUT2D eigenvalue weighted by molar-refractivity contribution is 5.80. The highest BCUT2D eigenvalue weighted by Gasteiger charge is 2.08. The smallest absolute Gasteiger partial charge is 0.239 e. The molecule has 1 heterocycles. The fraction of sp³-hybridized carbons (Fsp3) is 0.364. The number of carbonyl (C=O) groups is 1. The van der Waals surface area contributed by atoms with Crippen LogP contribution in [0.4, 0.5) is 5.69 Å². The molecule has 1 N–H and O–H groups in total. The summed E-state index contributed by atoms with van der Waals surface area (Å²) in [6, 6.07) is 5.38. The van der Waals surface area contributed by atoms with Crippen molar-refractivity contribution < 1.29 is 4.79 Å². The summed E-state index contributed by atoms with van der Waals surface area (Å²) < 4.78 is 0. The van der Waals surface area contributed by atoms with E-state index in [1.54, 1.807) is 25.4 Å². The molecular weight excluding hydrogens is 204 g/mol. The van der Waals surface area contributed by atoms with Crippen LogP contribution >= 0.6 is 0 Å². The molecule has 84 valence electrons. The molecule has 0 unspecified atom stereocenters. The van der Waals surface area contributed by atoms with Crippen molar-refractivity contribution in [3.8, 4) is 6.07 Å². The summed E-state index contributed by atoms with van der Waals surface area (Å²) in [5.41, 5.74) is 1.21. The molecule has 0 saturated heterocycles. The molecule has 0 aliphatic heterocycles. The second kappa shape index (κ2) is 5.71. The van der Waals surface area contributed by atoms with Crippen molar-refractivity contribution in [2.75, 3.05) is 25.0 Å². The number of amides is 1. The predicted octanol–water partition coefficient (Wildman–Crippen LogP) is 0.526. The van der Waals surface area contributed by atoms with Gasteiger partial charge in [-0.05, 0) is 19.1 Å². The summed E-state index contributed by atoms with van der Waals surface area (Å²) in [4.78, 5) is 17.1. The molecule has 1 aromatic heterocycles. The number of hydrogen-bond acceptors (Lipinski definition) is 4. The normalized spacial score (nSPS) is 9.31. The standard InChI is InChI=1S/C11H14N4O/c1-3-15(8-11(16)13-2)10-5-4-9(6-12)14-7-10/h4-5,7H,3,8H2,1-2H3,(H,13,16). The van der Waals surface area contributed by atoms with E-state index >= 15 is 0 Å². The highest BCUT2D eigenvalue weighted by Crippen LogP contribution is 2.12. The van der Waals surface area contributed by atoms with E-state index in [4.69, 9.17) is 5.26 Å². The molecule has 0 fully saturated rings. The zero-order valence-electron chi connectivity index (χ0n) is 9.40. The van der Waals surface area contributed by atoms with Crippen LogP contribution in [0.2, 0.25) is 0 Å². The second-order valence-corrected chi connectivity index (χ2v) is 3.20. The largest absolute Gasteiger partial charge is 0.361 e. The van der Waals surface area contributed by atoms with E-state index in [1.807, 2.05) is 17.9 Å². The number of rotatable bonds is 4. The van der Waals surface area contributed by atoms with Crippen LogP contribution in [0, 0.1) is 11.3 Å². The van der Waals surface area contributed by atoms with Gasteiger partial charge in [-0.15, -0.1) is 0 Å². The third-order valence-electron chi connectivity index (χ3n) is 2.22. The maximum atomic E-state index is 11.3. The lowest BCUT2D eigenvalue weighted by molar-refractivity contribution is -0.119. The first-order valence-corrected chi connectivity index (χ1v) is 5.03.